The maximum absolute atomic E-state index is 13.0. The molecule has 2 rings (SSSR count). The minimum atomic E-state index is -0.602. The maximum Gasteiger partial charge on any atom is 0.339 e. The second kappa shape index (κ2) is 10.4. The molecule has 0 bridgehead atoms. The van der Waals surface area contributed by atoms with Crippen molar-refractivity contribution in [2.75, 3.05) is 25.1 Å². The number of esters is 2. The van der Waals surface area contributed by atoms with Gasteiger partial charge in [-0.1, -0.05) is 33.6 Å². The van der Waals surface area contributed by atoms with Crippen LogP contribution < -0.4 is 10.2 Å². The second-order valence-electron chi connectivity index (χ2n) is 10.6. The number of nitrogens with one attached hydrogen (secondary N) is 1. The molecule has 1 aromatic carbocycles. The molecule has 178 valence electrons. The van der Waals surface area contributed by atoms with Crippen LogP contribution in [0.5, 0.6) is 0 Å². The van der Waals surface area contributed by atoms with Gasteiger partial charge in [0.1, 0.15) is 11.6 Å². The molecule has 7 nitrogen and oxygen atoms in total. The summed E-state index contributed by atoms with van der Waals surface area (Å²) in [5.41, 5.74) is 0.568. The zero-order valence-electron chi connectivity index (χ0n) is 20.5. The van der Waals surface area contributed by atoms with Crippen molar-refractivity contribution >= 4 is 23.5 Å². The van der Waals surface area contributed by atoms with E-state index in [1.165, 1.54) is 7.11 Å². The smallest absolute Gasteiger partial charge is 0.339 e. The third-order valence-corrected chi connectivity index (χ3v) is 5.18. The molecule has 0 aliphatic carbocycles. The Balaban J connectivity index is 2.42. The first-order valence-electron chi connectivity index (χ1n) is 11.3. The predicted molar refractivity (Wildman–Crippen MR) is 125 cm³/mol. The fourth-order valence-electron chi connectivity index (χ4n) is 3.66. The third-order valence-electron chi connectivity index (χ3n) is 5.18. The first-order valence-corrected chi connectivity index (χ1v) is 11.3. The Morgan fingerprint density at radius 2 is 1.75 bits per heavy atom. The number of anilines is 1. The molecule has 1 aliphatic rings. The molecule has 0 spiro atoms. The Kier molecular flexibility index (Phi) is 8.32. The van der Waals surface area contributed by atoms with Gasteiger partial charge in [-0.3, -0.25) is 4.79 Å². The number of ether oxygens (including phenoxy) is 2. The summed E-state index contributed by atoms with van der Waals surface area (Å²) in [4.78, 5) is 40.3. The molecule has 0 aromatic heterocycles. The van der Waals surface area contributed by atoms with Crippen LogP contribution in [0.3, 0.4) is 0 Å². The number of methoxy groups -OCH3 is 1. The summed E-state index contributed by atoms with van der Waals surface area (Å²) in [6.45, 7) is 12.8. The van der Waals surface area contributed by atoms with E-state index < -0.39 is 17.6 Å². The number of hydrogen-bond acceptors (Lipinski definition) is 6. The molecule has 7 heteroatoms. The van der Waals surface area contributed by atoms with Crippen LogP contribution >= 0.6 is 0 Å². The van der Waals surface area contributed by atoms with E-state index in [0.717, 1.165) is 19.3 Å². The third kappa shape index (κ3) is 7.24. The van der Waals surface area contributed by atoms with Crippen LogP contribution in [0, 0.1) is 5.41 Å². The van der Waals surface area contributed by atoms with Crippen molar-refractivity contribution in [3.05, 3.63) is 29.3 Å². The molecular weight excluding hydrogens is 408 g/mol. The van der Waals surface area contributed by atoms with Gasteiger partial charge in [0.15, 0.2) is 0 Å². The number of benzene rings is 1. The molecule has 0 unspecified atom stereocenters. The zero-order chi connectivity index (χ0) is 24.1. The van der Waals surface area contributed by atoms with E-state index >= 15 is 0 Å². The number of carbonyl (C=O) groups excluding carboxylic acids is 3. The van der Waals surface area contributed by atoms with E-state index in [9.17, 15) is 14.4 Å². The van der Waals surface area contributed by atoms with Gasteiger partial charge < -0.3 is 19.7 Å². The van der Waals surface area contributed by atoms with Gasteiger partial charge in [-0.25, -0.2) is 9.59 Å². The van der Waals surface area contributed by atoms with Crippen molar-refractivity contribution in [1.29, 1.82) is 0 Å². The second-order valence-corrected chi connectivity index (χ2v) is 10.6. The lowest BCUT2D eigenvalue weighted by molar-refractivity contribution is -0.156. The van der Waals surface area contributed by atoms with E-state index in [1.807, 2.05) is 46.4 Å². The van der Waals surface area contributed by atoms with E-state index in [2.05, 4.69) is 5.32 Å². The first kappa shape index (κ1) is 25.7. The van der Waals surface area contributed by atoms with Crippen LogP contribution in [0.15, 0.2) is 18.2 Å². The van der Waals surface area contributed by atoms with Gasteiger partial charge in [0.25, 0.3) is 5.91 Å². The van der Waals surface area contributed by atoms with E-state index in [0.29, 0.717) is 30.8 Å². The van der Waals surface area contributed by atoms with Gasteiger partial charge in [-0.05, 0) is 57.2 Å². The standard InChI is InChI=1S/C25H38N2O5/c1-24(2,3)16-26-21(28)17-12-13-19(18(15-17)22(29)31-7)27-14-10-8-9-11-20(27)23(30)32-25(4,5)6/h12-13,15,20H,8-11,14,16H2,1-7H3,(H,26,28)/t20-/m1/s1. The molecule has 0 radical (unpaired) electrons. The number of rotatable bonds is 5. The summed E-state index contributed by atoms with van der Waals surface area (Å²) < 4.78 is 10.7. The fraction of sp³-hybridized carbons (Fsp3) is 0.640. The van der Waals surface area contributed by atoms with Gasteiger partial charge in [0.05, 0.1) is 18.4 Å². The number of carbonyl (C=O) groups is 3. The lowest BCUT2D eigenvalue weighted by Crippen LogP contribution is -2.45. The Hall–Kier alpha value is -2.57. The van der Waals surface area contributed by atoms with Gasteiger partial charge in [0, 0.05) is 18.7 Å². The number of nitrogens with zero attached hydrogens (tertiary/aromatic N) is 1. The van der Waals surface area contributed by atoms with Gasteiger partial charge >= 0.3 is 11.9 Å². The lowest BCUT2D eigenvalue weighted by Gasteiger charge is -2.33. The van der Waals surface area contributed by atoms with Crippen LogP contribution in [0.4, 0.5) is 5.69 Å². The summed E-state index contributed by atoms with van der Waals surface area (Å²) in [6.07, 6.45) is 3.44. The molecule has 1 atom stereocenters. The SMILES string of the molecule is COC(=O)c1cc(C(=O)NCC(C)(C)C)ccc1N1CCCCC[C@@H]1C(=O)OC(C)(C)C. The lowest BCUT2D eigenvalue weighted by atomic mass is 9.96. The Bertz CT molecular complexity index is 836. The van der Waals surface area contributed by atoms with Crippen molar-refractivity contribution in [3.8, 4) is 0 Å². The summed E-state index contributed by atoms with van der Waals surface area (Å²) in [5, 5.41) is 2.91. The molecule has 32 heavy (non-hydrogen) atoms. The summed E-state index contributed by atoms with van der Waals surface area (Å²) >= 11 is 0. The molecule has 1 saturated heterocycles. The summed E-state index contributed by atoms with van der Waals surface area (Å²) in [6, 6.07) is 4.48. The Labute approximate surface area is 191 Å². The van der Waals surface area contributed by atoms with Crippen molar-refractivity contribution in [3.63, 3.8) is 0 Å². The van der Waals surface area contributed by atoms with Crippen molar-refractivity contribution < 1.29 is 23.9 Å². The topological polar surface area (TPSA) is 84.9 Å². The molecule has 1 aromatic rings. The van der Waals surface area contributed by atoms with Gasteiger partial charge in [0.2, 0.25) is 0 Å². The molecule has 0 saturated carbocycles. The Morgan fingerprint density at radius 3 is 2.34 bits per heavy atom. The van der Waals surface area contributed by atoms with E-state index in [-0.39, 0.29) is 22.9 Å². The molecule has 1 N–H and O–H groups in total. The zero-order valence-corrected chi connectivity index (χ0v) is 20.5. The molecule has 1 heterocycles. The summed E-state index contributed by atoms with van der Waals surface area (Å²) in [7, 11) is 1.31. The van der Waals surface area contributed by atoms with E-state index in [1.54, 1.807) is 18.2 Å². The number of amides is 1. The van der Waals surface area contributed by atoms with Crippen molar-refractivity contribution in [2.45, 2.75) is 78.9 Å². The van der Waals surface area contributed by atoms with Crippen LogP contribution in [0.1, 0.15) is 87.9 Å². The Morgan fingerprint density at radius 1 is 1.06 bits per heavy atom. The predicted octanol–water partition coefficient (Wildman–Crippen LogP) is 4.34. The molecule has 1 fully saturated rings. The van der Waals surface area contributed by atoms with Crippen molar-refractivity contribution in [2.24, 2.45) is 5.41 Å². The van der Waals surface area contributed by atoms with Crippen LogP contribution in [0.2, 0.25) is 0 Å². The van der Waals surface area contributed by atoms with Crippen LogP contribution in [-0.2, 0) is 14.3 Å². The van der Waals surface area contributed by atoms with Crippen LogP contribution in [-0.4, -0.2) is 49.7 Å². The van der Waals surface area contributed by atoms with E-state index in [4.69, 9.17) is 9.47 Å². The fourth-order valence-corrected chi connectivity index (χ4v) is 3.66. The maximum atomic E-state index is 13.0. The van der Waals surface area contributed by atoms with Gasteiger partial charge in [-0.2, -0.15) is 0 Å². The van der Waals surface area contributed by atoms with Gasteiger partial charge in [-0.15, -0.1) is 0 Å². The highest BCUT2D eigenvalue weighted by molar-refractivity contribution is 6.02. The number of hydrogen-bond donors (Lipinski definition) is 1. The normalized spacial score (nSPS) is 17.3. The highest BCUT2D eigenvalue weighted by Gasteiger charge is 2.34. The minimum absolute atomic E-state index is 0.0620. The largest absolute Gasteiger partial charge is 0.465 e. The van der Waals surface area contributed by atoms with Crippen molar-refractivity contribution in [1.82, 2.24) is 5.32 Å². The highest BCUT2D eigenvalue weighted by Crippen LogP contribution is 2.30. The van der Waals surface area contributed by atoms with Crippen LogP contribution in [0.25, 0.3) is 0 Å². The highest BCUT2D eigenvalue weighted by atomic mass is 16.6. The monoisotopic (exact) mass is 446 g/mol. The molecule has 1 amide bonds. The quantitative estimate of drug-likeness (QED) is 0.678. The average Bonchev–Trinajstić information content (AvgIpc) is 2.95. The first-order chi connectivity index (χ1) is 14.8. The average molecular weight is 447 g/mol. The summed E-state index contributed by atoms with van der Waals surface area (Å²) in [5.74, 6) is -1.10. The molecular formula is C25H38N2O5. The molecule has 1 aliphatic heterocycles. The minimum Gasteiger partial charge on any atom is -0.465 e.